The van der Waals surface area contributed by atoms with E-state index in [1.165, 1.54) is 24.9 Å². The Kier molecular flexibility index (Phi) is 7.99. The summed E-state index contributed by atoms with van der Waals surface area (Å²) < 4.78 is 26.1. The Hall–Kier alpha value is -2.10. The minimum atomic E-state index is -0.523. The van der Waals surface area contributed by atoms with Crippen LogP contribution in [0.25, 0.3) is 4.85 Å². The molecule has 2 aromatic heterocycles. The molecule has 0 radical (unpaired) electrons. The number of aromatic nitrogens is 3. The summed E-state index contributed by atoms with van der Waals surface area (Å²) in [7, 11) is -0.523. The number of thioether (sulfide) groups is 1. The zero-order valence-corrected chi connectivity index (χ0v) is 23.7. The lowest BCUT2D eigenvalue weighted by molar-refractivity contribution is -0.156. The molecule has 0 aliphatic carbocycles. The number of hydrogen-bond acceptors (Lipinski definition) is 8. The van der Waals surface area contributed by atoms with E-state index in [2.05, 4.69) is 23.7 Å². The predicted octanol–water partition coefficient (Wildman–Crippen LogP) is 4.68. The van der Waals surface area contributed by atoms with E-state index < -0.39 is 18.3 Å². The Morgan fingerprint density at radius 2 is 1.92 bits per heavy atom. The first-order chi connectivity index (χ1) is 17.3. The van der Waals surface area contributed by atoms with Gasteiger partial charge in [-0.2, -0.15) is 5.10 Å². The molecule has 2 aliphatic rings. The first-order valence-corrected chi connectivity index (χ1v) is 13.5. The molecule has 37 heavy (non-hydrogen) atoms. The van der Waals surface area contributed by atoms with E-state index >= 15 is 0 Å². The summed E-state index contributed by atoms with van der Waals surface area (Å²) >= 11 is 7.57. The Balaban J connectivity index is 1.63. The minimum absolute atomic E-state index is 0.0304. The van der Waals surface area contributed by atoms with Crippen LogP contribution in [0.5, 0.6) is 0 Å². The number of hydrogen-bond donors (Lipinski definition) is 0. The van der Waals surface area contributed by atoms with Gasteiger partial charge in [0.05, 0.1) is 28.4 Å². The van der Waals surface area contributed by atoms with Crippen LogP contribution in [-0.2, 0) is 23.6 Å². The number of halogens is 1. The Morgan fingerprint density at radius 3 is 2.54 bits per heavy atom. The van der Waals surface area contributed by atoms with Gasteiger partial charge in [-0.05, 0) is 33.8 Å². The van der Waals surface area contributed by atoms with Crippen molar-refractivity contribution in [2.45, 2.75) is 82.1 Å². The molecular weight excluding hydrogens is 515 g/mol. The SMILES string of the molecule is [C-]#[N+]c1ncc(Cl)cc1S[C@H]1OC(COC(C)=O)[C@H](C)[C@H](n2cc(B3OC(C)(C)C(C)(C)O3)cn2)C1C. The van der Waals surface area contributed by atoms with Crippen molar-refractivity contribution in [3.05, 3.63) is 41.1 Å². The molecule has 0 spiro atoms. The van der Waals surface area contributed by atoms with Gasteiger partial charge in [-0.25, -0.2) is 0 Å². The summed E-state index contributed by atoms with van der Waals surface area (Å²) in [4.78, 5) is 19.9. The number of ether oxygens (including phenoxy) is 2. The van der Waals surface area contributed by atoms with Crippen LogP contribution in [0.15, 0.2) is 29.6 Å². The third-order valence-corrected chi connectivity index (χ3v) is 8.99. The average molecular weight is 547 g/mol. The second-order valence-corrected chi connectivity index (χ2v) is 12.2. The van der Waals surface area contributed by atoms with Crippen LogP contribution >= 0.6 is 23.4 Å². The summed E-state index contributed by atoms with van der Waals surface area (Å²) in [6.07, 6.45) is 4.81. The van der Waals surface area contributed by atoms with Crippen molar-refractivity contribution in [1.82, 2.24) is 14.8 Å². The van der Waals surface area contributed by atoms with Crippen molar-refractivity contribution < 1.29 is 23.6 Å². The van der Waals surface area contributed by atoms with E-state index in [1.807, 2.05) is 38.6 Å². The highest BCUT2D eigenvalue weighted by Gasteiger charge is 2.52. The third-order valence-electron chi connectivity index (χ3n) is 7.45. The molecule has 198 valence electrons. The Bertz CT molecular complexity index is 1190. The standard InChI is InChI=1S/C25H32BClN4O5S/c1-14-19(13-33-16(3)32)34-23(37-20-9-18(27)11-29-22(20)28-8)15(2)21(14)31-12-17(10-30-31)26-35-24(4,5)25(6,7)36-26/h9-12,14-15,19,21,23H,13H2,1-7H3/t14-,15?,19?,21-,23+/m0/s1. The molecule has 12 heteroatoms. The van der Waals surface area contributed by atoms with Gasteiger partial charge in [0, 0.05) is 41.5 Å². The van der Waals surface area contributed by atoms with Crippen LogP contribution in [0.2, 0.25) is 5.02 Å². The van der Waals surface area contributed by atoms with Crippen molar-refractivity contribution in [3.8, 4) is 0 Å². The van der Waals surface area contributed by atoms with E-state index in [4.69, 9.17) is 42.1 Å². The molecule has 4 rings (SSSR count). The highest BCUT2D eigenvalue weighted by Crippen LogP contribution is 2.46. The predicted molar refractivity (Wildman–Crippen MR) is 142 cm³/mol. The molecule has 2 saturated heterocycles. The average Bonchev–Trinajstić information content (AvgIpc) is 3.37. The zero-order valence-electron chi connectivity index (χ0n) is 22.1. The minimum Gasteiger partial charge on any atom is -0.463 e. The second-order valence-electron chi connectivity index (χ2n) is 10.6. The highest BCUT2D eigenvalue weighted by atomic mass is 35.5. The molecular formula is C25H32BClN4O5S. The number of carbonyl (C=O) groups excluding carboxylic acids is 1. The lowest BCUT2D eigenvalue weighted by atomic mass is 9.81. The number of nitrogens with zero attached hydrogens (tertiary/aromatic N) is 4. The molecule has 5 atom stereocenters. The van der Waals surface area contributed by atoms with Gasteiger partial charge < -0.3 is 23.6 Å². The van der Waals surface area contributed by atoms with Gasteiger partial charge in [-0.3, -0.25) is 9.48 Å². The molecule has 0 saturated carbocycles. The van der Waals surface area contributed by atoms with E-state index in [0.717, 1.165) is 5.46 Å². The van der Waals surface area contributed by atoms with Gasteiger partial charge in [0.2, 0.25) is 0 Å². The number of carbonyl (C=O) groups is 1. The number of rotatable bonds is 6. The van der Waals surface area contributed by atoms with Gasteiger partial charge in [-0.1, -0.05) is 32.0 Å². The lowest BCUT2D eigenvalue weighted by Crippen LogP contribution is -2.47. The van der Waals surface area contributed by atoms with Gasteiger partial charge in [0.25, 0.3) is 5.82 Å². The van der Waals surface area contributed by atoms with Crippen LogP contribution in [0.1, 0.15) is 54.5 Å². The van der Waals surface area contributed by atoms with Crippen molar-refractivity contribution in [2.24, 2.45) is 11.8 Å². The van der Waals surface area contributed by atoms with Crippen LogP contribution in [-0.4, -0.2) is 57.2 Å². The zero-order chi connectivity index (χ0) is 27.1. The first-order valence-electron chi connectivity index (χ1n) is 12.2. The molecule has 0 bridgehead atoms. The van der Waals surface area contributed by atoms with Crippen LogP contribution in [0.4, 0.5) is 5.82 Å². The quantitative estimate of drug-likeness (QED) is 0.293. The lowest BCUT2D eigenvalue weighted by Gasteiger charge is -2.44. The third kappa shape index (κ3) is 5.69. The summed E-state index contributed by atoms with van der Waals surface area (Å²) in [6.45, 7) is 21.2. The molecule has 0 aromatic carbocycles. The van der Waals surface area contributed by atoms with Crippen molar-refractivity contribution in [3.63, 3.8) is 0 Å². The first kappa shape index (κ1) is 27.9. The fourth-order valence-electron chi connectivity index (χ4n) is 4.61. The largest absolute Gasteiger partial charge is 0.498 e. The maximum atomic E-state index is 11.6. The molecule has 2 aromatic rings. The molecule has 2 aliphatic heterocycles. The highest BCUT2D eigenvalue weighted by molar-refractivity contribution is 8.00. The maximum absolute atomic E-state index is 11.6. The second kappa shape index (κ2) is 10.6. The molecule has 2 fully saturated rings. The van der Waals surface area contributed by atoms with Crippen molar-refractivity contribution in [1.29, 1.82) is 0 Å². The number of pyridine rings is 1. The summed E-state index contributed by atoms with van der Waals surface area (Å²) in [5, 5.41) is 5.15. The number of esters is 1. The smallest absolute Gasteiger partial charge is 0.463 e. The monoisotopic (exact) mass is 546 g/mol. The fourth-order valence-corrected chi connectivity index (χ4v) is 6.06. The maximum Gasteiger partial charge on any atom is 0.498 e. The van der Waals surface area contributed by atoms with Gasteiger partial charge in [0.15, 0.2) is 0 Å². The van der Waals surface area contributed by atoms with Gasteiger partial charge in [-0.15, -0.1) is 16.7 Å². The summed E-state index contributed by atoms with van der Waals surface area (Å²) in [6, 6.07) is 1.63. The summed E-state index contributed by atoms with van der Waals surface area (Å²) in [5.41, 5.74) is -0.449. The Morgan fingerprint density at radius 1 is 1.24 bits per heavy atom. The normalized spacial score (nSPS) is 28.6. The summed E-state index contributed by atoms with van der Waals surface area (Å²) in [5.74, 6) is -0.169. The van der Waals surface area contributed by atoms with Crippen molar-refractivity contribution in [2.75, 3.05) is 6.61 Å². The van der Waals surface area contributed by atoms with Crippen LogP contribution in [0.3, 0.4) is 0 Å². The van der Waals surface area contributed by atoms with Gasteiger partial charge in [0.1, 0.15) is 18.2 Å². The molecule has 4 heterocycles. The molecule has 0 N–H and O–H groups in total. The van der Waals surface area contributed by atoms with E-state index in [9.17, 15) is 4.79 Å². The van der Waals surface area contributed by atoms with E-state index in [-0.39, 0.29) is 47.8 Å². The van der Waals surface area contributed by atoms with E-state index in [1.54, 1.807) is 12.3 Å². The van der Waals surface area contributed by atoms with Crippen molar-refractivity contribution >= 4 is 47.7 Å². The van der Waals surface area contributed by atoms with Gasteiger partial charge >= 0.3 is 13.1 Å². The topological polar surface area (TPSA) is 89.1 Å². The molecule has 2 unspecified atom stereocenters. The molecule has 0 amide bonds. The Labute approximate surface area is 227 Å². The molecule has 9 nitrogen and oxygen atoms in total. The van der Waals surface area contributed by atoms with Crippen LogP contribution < -0.4 is 5.46 Å². The van der Waals surface area contributed by atoms with E-state index in [0.29, 0.717) is 9.92 Å². The fraction of sp³-hybridized carbons (Fsp3) is 0.600. The van der Waals surface area contributed by atoms with Crippen LogP contribution in [0, 0.1) is 18.4 Å².